The van der Waals surface area contributed by atoms with Crippen molar-refractivity contribution in [2.75, 3.05) is 27.7 Å². The second kappa shape index (κ2) is 7.01. The largest absolute Gasteiger partial charge is 0.470 e. The van der Waals surface area contributed by atoms with E-state index in [4.69, 9.17) is 9.79 Å². The van der Waals surface area contributed by atoms with Crippen molar-refractivity contribution < 1.29 is 32.9 Å². The third-order valence-electron chi connectivity index (χ3n) is 1.92. The summed E-state index contributed by atoms with van der Waals surface area (Å²) < 4.78 is 20.5. The summed E-state index contributed by atoms with van der Waals surface area (Å²) >= 11 is 0. The van der Waals surface area contributed by atoms with Crippen molar-refractivity contribution in [1.29, 1.82) is 0 Å². The number of carbonyl (C=O) groups excluding carboxylic acids is 1. The van der Waals surface area contributed by atoms with Crippen LogP contribution in [-0.4, -0.2) is 54.0 Å². The second-order valence-corrected chi connectivity index (χ2v) is 6.08. The van der Waals surface area contributed by atoms with E-state index in [0.717, 1.165) is 6.26 Å². The van der Waals surface area contributed by atoms with Crippen molar-refractivity contribution in [3.63, 3.8) is 0 Å². The van der Waals surface area contributed by atoms with Gasteiger partial charge in [-0.05, 0) is 6.42 Å². The SMILES string of the molecule is C=COC(=O)CCC(C[N+](C)(C)C)OP(=O)(O)O. The zero-order chi connectivity index (χ0) is 14.4. The van der Waals surface area contributed by atoms with E-state index in [1.54, 1.807) is 0 Å². The van der Waals surface area contributed by atoms with Crippen molar-refractivity contribution in [2.24, 2.45) is 0 Å². The minimum Gasteiger partial charge on any atom is -0.435 e. The van der Waals surface area contributed by atoms with Crippen LogP contribution in [0.2, 0.25) is 0 Å². The van der Waals surface area contributed by atoms with E-state index in [1.807, 2.05) is 21.1 Å². The van der Waals surface area contributed by atoms with Crippen LogP contribution in [0.25, 0.3) is 0 Å². The number of ether oxygens (including phenoxy) is 1. The fourth-order valence-electron chi connectivity index (χ4n) is 1.41. The van der Waals surface area contributed by atoms with Crippen LogP contribution in [0, 0.1) is 0 Å². The van der Waals surface area contributed by atoms with E-state index >= 15 is 0 Å². The molecule has 8 heteroatoms. The van der Waals surface area contributed by atoms with Crippen LogP contribution in [0.5, 0.6) is 0 Å². The monoisotopic (exact) mass is 282 g/mol. The Kier molecular flexibility index (Phi) is 6.73. The van der Waals surface area contributed by atoms with Gasteiger partial charge >= 0.3 is 13.8 Å². The first-order chi connectivity index (χ1) is 8.03. The number of phosphoric ester groups is 1. The highest BCUT2D eigenvalue weighted by Gasteiger charge is 2.27. The van der Waals surface area contributed by atoms with Crippen LogP contribution in [0.3, 0.4) is 0 Å². The summed E-state index contributed by atoms with van der Waals surface area (Å²) in [6, 6.07) is 0. The third kappa shape index (κ3) is 10.4. The molecular weight excluding hydrogens is 261 g/mol. The van der Waals surface area contributed by atoms with Gasteiger partial charge in [0, 0.05) is 6.42 Å². The van der Waals surface area contributed by atoms with Gasteiger partial charge in [0.05, 0.1) is 27.4 Å². The van der Waals surface area contributed by atoms with Gasteiger partial charge in [-0.1, -0.05) is 6.58 Å². The van der Waals surface area contributed by atoms with Crippen molar-refractivity contribution in [2.45, 2.75) is 18.9 Å². The minimum absolute atomic E-state index is 0.0106. The highest BCUT2D eigenvalue weighted by Crippen LogP contribution is 2.38. The molecule has 18 heavy (non-hydrogen) atoms. The Labute approximate surface area is 107 Å². The van der Waals surface area contributed by atoms with Crippen LogP contribution in [0.4, 0.5) is 0 Å². The highest BCUT2D eigenvalue weighted by atomic mass is 31.2. The summed E-state index contributed by atoms with van der Waals surface area (Å²) in [4.78, 5) is 28.7. The Morgan fingerprint density at radius 2 is 2.00 bits per heavy atom. The quantitative estimate of drug-likeness (QED) is 0.294. The van der Waals surface area contributed by atoms with E-state index in [2.05, 4.69) is 15.8 Å². The van der Waals surface area contributed by atoms with Gasteiger partial charge in [-0.25, -0.2) is 4.57 Å². The lowest BCUT2D eigenvalue weighted by molar-refractivity contribution is -0.873. The molecule has 1 atom stereocenters. The Morgan fingerprint density at radius 1 is 1.44 bits per heavy atom. The fraction of sp³-hybridized carbons (Fsp3) is 0.700. The van der Waals surface area contributed by atoms with E-state index in [9.17, 15) is 9.36 Å². The van der Waals surface area contributed by atoms with E-state index in [1.165, 1.54) is 0 Å². The molecule has 0 bridgehead atoms. The molecule has 0 aromatic rings. The topological polar surface area (TPSA) is 93.1 Å². The standard InChI is InChI=1S/C10H20NO6P/c1-5-16-10(12)7-6-9(8-11(2,3)4)17-18(13,14)15/h5,9H,1,6-8H2,2-4H3,(H-,13,14,15)/p+1. The lowest BCUT2D eigenvalue weighted by atomic mass is 10.2. The molecule has 0 aliphatic rings. The van der Waals surface area contributed by atoms with Gasteiger partial charge < -0.3 is 19.0 Å². The average Bonchev–Trinajstić information content (AvgIpc) is 2.09. The maximum atomic E-state index is 11.1. The molecule has 0 saturated heterocycles. The van der Waals surface area contributed by atoms with Crippen molar-refractivity contribution in [3.8, 4) is 0 Å². The first-order valence-corrected chi connectivity index (χ1v) is 6.91. The summed E-state index contributed by atoms with van der Waals surface area (Å²) in [6.45, 7) is 3.61. The second-order valence-electron chi connectivity index (χ2n) is 4.89. The van der Waals surface area contributed by atoms with Gasteiger partial charge in [0.25, 0.3) is 0 Å². The van der Waals surface area contributed by atoms with Gasteiger partial charge in [-0.3, -0.25) is 9.32 Å². The molecule has 0 rings (SSSR count). The van der Waals surface area contributed by atoms with Crippen molar-refractivity contribution in [1.82, 2.24) is 0 Å². The molecule has 0 spiro atoms. The number of hydrogen-bond donors (Lipinski definition) is 2. The molecule has 0 amide bonds. The Hall–Kier alpha value is -0.720. The minimum atomic E-state index is -4.57. The predicted octanol–water partition coefficient (Wildman–Crippen LogP) is 0.637. The lowest BCUT2D eigenvalue weighted by Crippen LogP contribution is -2.42. The normalized spacial score (nSPS) is 14.1. The summed E-state index contributed by atoms with van der Waals surface area (Å²) in [7, 11) is 1.01. The Bertz CT molecular complexity index is 332. The summed E-state index contributed by atoms with van der Waals surface area (Å²) in [6.07, 6.45) is 0.480. The van der Waals surface area contributed by atoms with Crippen LogP contribution in [-0.2, 0) is 18.6 Å². The van der Waals surface area contributed by atoms with Gasteiger partial charge in [-0.2, -0.15) is 0 Å². The van der Waals surface area contributed by atoms with Crippen LogP contribution < -0.4 is 0 Å². The number of quaternary nitrogens is 1. The fourth-order valence-corrected chi connectivity index (χ4v) is 1.97. The molecule has 0 aromatic heterocycles. The number of phosphoric acid groups is 1. The molecular formula is C10H21NO6P+. The first kappa shape index (κ1) is 17.3. The van der Waals surface area contributed by atoms with E-state index in [-0.39, 0.29) is 12.8 Å². The molecule has 106 valence electrons. The number of nitrogens with zero attached hydrogens (tertiary/aromatic N) is 1. The maximum Gasteiger partial charge on any atom is 0.470 e. The number of esters is 1. The van der Waals surface area contributed by atoms with Crippen molar-refractivity contribution in [3.05, 3.63) is 12.8 Å². The highest BCUT2D eigenvalue weighted by molar-refractivity contribution is 7.46. The van der Waals surface area contributed by atoms with E-state index < -0.39 is 19.9 Å². The lowest BCUT2D eigenvalue weighted by Gasteiger charge is -2.29. The van der Waals surface area contributed by atoms with Gasteiger partial charge in [-0.15, -0.1) is 0 Å². The number of rotatable bonds is 8. The summed E-state index contributed by atoms with van der Waals surface area (Å²) in [5.41, 5.74) is 0. The van der Waals surface area contributed by atoms with Gasteiger partial charge in [0.2, 0.25) is 0 Å². The van der Waals surface area contributed by atoms with E-state index in [0.29, 0.717) is 11.0 Å². The van der Waals surface area contributed by atoms with Gasteiger partial charge in [0.15, 0.2) is 0 Å². The third-order valence-corrected chi connectivity index (χ3v) is 2.50. The molecule has 7 nitrogen and oxygen atoms in total. The zero-order valence-electron chi connectivity index (χ0n) is 10.9. The molecule has 0 heterocycles. The number of carbonyl (C=O) groups is 1. The van der Waals surface area contributed by atoms with Crippen LogP contribution in [0.1, 0.15) is 12.8 Å². The predicted molar refractivity (Wildman–Crippen MR) is 65.3 cm³/mol. The van der Waals surface area contributed by atoms with Crippen LogP contribution in [0.15, 0.2) is 12.8 Å². The maximum absolute atomic E-state index is 11.1. The van der Waals surface area contributed by atoms with Crippen LogP contribution >= 0.6 is 7.82 Å². The molecule has 2 N–H and O–H groups in total. The molecule has 1 unspecified atom stereocenters. The number of likely N-dealkylation sites (N-methyl/N-ethyl adjacent to an activating group) is 1. The Balaban J connectivity index is 4.43. The summed E-state index contributed by atoms with van der Waals surface area (Å²) in [5.74, 6) is -0.509. The molecule has 0 fully saturated rings. The zero-order valence-corrected chi connectivity index (χ0v) is 11.8. The van der Waals surface area contributed by atoms with Crippen molar-refractivity contribution >= 4 is 13.8 Å². The molecule has 0 radical (unpaired) electrons. The summed E-state index contributed by atoms with van der Waals surface area (Å²) in [5, 5.41) is 0. The van der Waals surface area contributed by atoms with Gasteiger partial charge in [0.1, 0.15) is 12.6 Å². The molecule has 0 aromatic carbocycles. The smallest absolute Gasteiger partial charge is 0.435 e. The molecule has 0 aliphatic carbocycles. The first-order valence-electron chi connectivity index (χ1n) is 5.38. The Morgan fingerprint density at radius 3 is 2.39 bits per heavy atom. The number of hydrogen-bond acceptors (Lipinski definition) is 4. The molecule has 0 saturated carbocycles. The molecule has 0 aliphatic heterocycles. The average molecular weight is 282 g/mol.